The van der Waals surface area contributed by atoms with E-state index in [1.54, 1.807) is 20.3 Å². The maximum Gasteiger partial charge on any atom is 0.162 e. The largest absolute Gasteiger partial charge is 0.493 e. The molecule has 3 nitrogen and oxygen atoms in total. The molecule has 0 amide bonds. The van der Waals surface area contributed by atoms with Crippen LogP contribution in [0.4, 0.5) is 0 Å². The summed E-state index contributed by atoms with van der Waals surface area (Å²) in [6.07, 6.45) is 0.896. The molecule has 0 radical (unpaired) electrons. The summed E-state index contributed by atoms with van der Waals surface area (Å²) < 4.78 is 10.5. The minimum absolute atomic E-state index is 0.276. The van der Waals surface area contributed by atoms with Gasteiger partial charge in [-0.15, -0.1) is 0 Å². The van der Waals surface area contributed by atoms with Gasteiger partial charge in [-0.25, -0.2) is 0 Å². The van der Waals surface area contributed by atoms with E-state index >= 15 is 0 Å². The highest BCUT2D eigenvalue weighted by Crippen LogP contribution is 2.37. The quantitative estimate of drug-likeness (QED) is 0.584. The Morgan fingerprint density at radius 3 is 2.50 bits per heavy atom. The summed E-state index contributed by atoms with van der Waals surface area (Å²) in [5.41, 5.74) is 1.02. The molecule has 1 aromatic rings. The van der Waals surface area contributed by atoms with Gasteiger partial charge in [0.25, 0.3) is 0 Å². The van der Waals surface area contributed by atoms with Gasteiger partial charge in [0.2, 0.25) is 0 Å². The average molecular weight is 286 g/mol. The van der Waals surface area contributed by atoms with Gasteiger partial charge in [0.15, 0.2) is 11.5 Å². The first kappa shape index (κ1) is 15.0. The first-order valence-electron chi connectivity index (χ1n) is 5.56. The number of hydrogen-bond acceptors (Lipinski definition) is 4. The van der Waals surface area contributed by atoms with Crippen molar-refractivity contribution in [3.63, 3.8) is 0 Å². The monoisotopic (exact) mass is 285 g/mol. The van der Waals surface area contributed by atoms with Crippen molar-refractivity contribution in [3.8, 4) is 16.9 Å². The Morgan fingerprint density at radius 1 is 1.33 bits per heavy atom. The molecule has 5 heteroatoms. The van der Waals surface area contributed by atoms with Crippen LogP contribution in [0.2, 0.25) is 5.02 Å². The van der Waals surface area contributed by atoms with Crippen molar-refractivity contribution >= 4 is 23.4 Å². The molecule has 1 aromatic carbocycles. The van der Waals surface area contributed by atoms with E-state index in [1.807, 2.05) is 6.07 Å². The van der Waals surface area contributed by atoms with Gasteiger partial charge in [-0.05, 0) is 35.7 Å². The topological polar surface area (TPSA) is 42.2 Å². The molecule has 0 bridgehead atoms. The molecule has 0 aliphatic heterocycles. The molecular formula is C13H16ClNO2S. The molecule has 0 heterocycles. The van der Waals surface area contributed by atoms with E-state index in [-0.39, 0.29) is 5.92 Å². The van der Waals surface area contributed by atoms with Crippen LogP contribution in [0.15, 0.2) is 12.1 Å². The number of rotatable bonds is 6. The van der Waals surface area contributed by atoms with Crippen LogP contribution in [0.25, 0.3) is 0 Å². The highest BCUT2D eigenvalue weighted by Gasteiger charge is 2.14. The van der Waals surface area contributed by atoms with Crippen molar-refractivity contribution in [2.24, 2.45) is 0 Å². The molecule has 0 fully saturated rings. The first-order chi connectivity index (χ1) is 8.63. The van der Waals surface area contributed by atoms with Gasteiger partial charge in [-0.2, -0.15) is 5.26 Å². The fraction of sp³-hybridized carbons (Fsp3) is 0.462. The van der Waals surface area contributed by atoms with Crippen LogP contribution in [0, 0.1) is 10.7 Å². The number of benzene rings is 1. The fourth-order valence-electron chi connectivity index (χ4n) is 1.68. The SMILES string of the molecule is COc1cc(Cl)c(C(C)CCSC#N)cc1OC. The Hall–Kier alpha value is -1.05. The van der Waals surface area contributed by atoms with Crippen molar-refractivity contribution in [1.82, 2.24) is 0 Å². The van der Waals surface area contributed by atoms with E-state index in [0.29, 0.717) is 16.5 Å². The van der Waals surface area contributed by atoms with Gasteiger partial charge in [0.05, 0.1) is 14.2 Å². The minimum atomic E-state index is 0.276. The predicted octanol–water partition coefficient (Wildman–Crippen LogP) is 4.07. The van der Waals surface area contributed by atoms with Crippen molar-refractivity contribution < 1.29 is 9.47 Å². The van der Waals surface area contributed by atoms with E-state index < -0.39 is 0 Å². The van der Waals surface area contributed by atoms with Crippen molar-refractivity contribution in [2.75, 3.05) is 20.0 Å². The second kappa shape index (κ2) is 7.40. The van der Waals surface area contributed by atoms with Gasteiger partial charge in [0.1, 0.15) is 5.40 Å². The highest BCUT2D eigenvalue weighted by molar-refractivity contribution is 8.03. The third-order valence-electron chi connectivity index (χ3n) is 2.75. The van der Waals surface area contributed by atoms with E-state index in [0.717, 1.165) is 17.7 Å². The van der Waals surface area contributed by atoms with Crippen LogP contribution in [0.1, 0.15) is 24.8 Å². The predicted molar refractivity (Wildman–Crippen MR) is 75.7 cm³/mol. The summed E-state index contributed by atoms with van der Waals surface area (Å²) in [5.74, 6) is 2.38. The molecule has 0 aromatic heterocycles. The number of hydrogen-bond donors (Lipinski definition) is 0. The molecule has 0 saturated carbocycles. The van der Waals surface area contributed by atoms with Gasteiger partial charge in [-0.1, -0.05) is 18.5 Å². The summed E-state index contributed by atoms with van der Waals surface area (Å²) in [6, 6.07) is 3.67. The lowest BCUT2D eigenvalue weighted by atomic mass is 9.98. The molecule has 0 N–H and O–H groups in total. The van der Waals surface area contributed by atoms with E-state index in [9.17, 15) is 0 Å². The average Bonchev–Trinajstić information content (AvgIpc) is 2.38. The number of thiocyanates is 1. The van der Waals surface area contributed by atoms with Crippen LogP contribution < -0.4 is 9.47 Å². The van der Waals surface area contributed by atoms with Crippen LogP contribution in [0.5, 0.6) is 11.5 Å². The molecule has 0 aliphatic rings. The zero-order valence-corrected chi connectivity index (χ0v) is 12.3. The Labute approximate surface area is 117 Å². The summed E-state index contributed by atoms with van der Waals surface area (Å²) in [5, 5.41) is 11.2. The van der Waals surface area contributed by atoms with Crippen molar-refractivity contribution in [2.45, 2.75) is 19.3 Å². The van der Waals surface area contributed by atoms with Gasteiger partial charge >= 0.3 is 0 Å². The zero-order chi connectivity index (χ0) is 13.5. The molecule has 0 spiro atoms. The van der Waals surface area contributed by atoms with Crippen LogP contribution in [-0.2, 0) is 0 Å². The Bertz CT molecular complexity index is 445. The summed E-state index contributed by atoms with van der Waals surface area (Å²) >= 11 is 7.50. The second-order valence-electron chi connectivity index (χ2n) is 3.86. The highest BCUT2D eigenvalue weighted by atomic mass is 35.5. The van der Waals surface area contributed by atoms with Crippen molar-refractivity contribution in [3.05, 3.63) is 22.7 Å². The zero-order valence-electron chi connectivity index (χ0n) is 10.7. The third kappa shape index (κ3) is 3.72. The molecule has 1 atom stereocenters. The Morgan fingerprint density at radius 2 is 1.94 bits per heavy atom. The van der Waals surface area contributed by atoms with Crippen LogP contribution in [0.3, 0.4) is 0 Å². The van der Waals surface area contributed by atoms with E-state index in [4.69, 9.17) is 26.3 Å². The summed E-state index contributed by atoms with van der Waals surface area (Å²) in [7, 11) is 3.19. The van der Waals surface area contributed by atoms with Gasteiger partial charge in [0, 0.05) is 16.8 Å². The van der Waals surface area contributed by atoms with Crippen molar-refractivity contribution in [1.29, 1.82) is 5.26 Å². The number of nitrogens with zero attached hydrogens (tertiary/aromatic N) is 1. The number of nitriles is 1. The maximum absolute atomic E-state index is 8.51. The second-order valence-corrected chi connectivity index (χ2v) is 5.14. The van der Waals surface area contributed by atoms with Gasteiger partial charge < -0.3 is 9.47 Å². The molecule has 98 valence electrons. The number of thioether (sulfide) groups is 1. The lowest BCUT2D eigenvalue weighted by molar-refractivity contribution is 0.354. The lowest BCUT2D eigenvalue weighted by Gasteiger charge is -2.16. The molecule has 1 rings (SSSR count). The smallest absolute Gasteiger partial charge is 0.162 e. The van der Waals surface area contributed by atoms with Crippen LogP contribution in [-0.4, -0.2) is 20.0 Å². The number of ether oxygens (including phenoxy) is 2. The standard InChI is InChI=1S/C13H16ClNO2S/c1-9(4-5-18-8-15)10-6-12(16-2)13(17-3)7-11(10)14/h6-7,9H,4-5H2,1-3H3. The van der Waals surface area contributed by atoms with Gasteiger partial charge in [-0.3, -0.25) is 0 Å². The third-order valence-corrected chi connectivity index (χ3v) is 3.65. The van der Waals surface area contributed by atoms with E-state index in [1.165, 1.54) is 11.8 Å². The molecular weight excluding hydrogens is 270 g/mol. The lowest BCUT2D eigenvalue weighted by Crippen LogP contribution is -1.99. The fourth-order valence-corrected chi connectivity index (χ4v) is 2.59. The first-order valence-corrected chi connectivity index (χ1v) is 6.92. The molecule has 18 heavy (non-hydrogen) atoms. The summed E-state index contributed by atoms with van der Waals surface area (Å²) in [4.78, 5) is 0. The molecule has 1 unspecified atom stereocenters. The normalized spacial score (nSPS) is 11.7. The number of methoxy groups -OCH3 is 2. The Balaban J connectivity index is 2.91. The van der Waals surface area contributed by atoms with E-state index in [2.05, 4.69) is 12.3 Å². The maximum atomic E-state index is 8.51. The summed E-state index contributed by atoms with van der Waals surface area (Å²) in [6.45, 7) is 2.09. The van der Waals surface area contributed by atoms with Crippen LogP contribution >= 0.6 is 23.4 Å². The molecule has 0 aliphatic carbocycles. The Kier molecular flexibility index (Phi) is 6.17. The number of halogens is 1. The molecule has 0 saturated heterocycles. The minimum Gasteiger partial charge on any atom is -0.493 e.